The van der Waals surface area contributed by atoms with Crippen LogP contribution in [0.2, 0.25) is 5.02 Å². The molecular weight excluding hydrogens is 372 g/mol. The maximum absolute atomic E-state index is 12.4. The third-order valence-electron chi connectivity index (χ3n) is 5.50. The molecule has 2 aromatic rings. The van der Waals surface area contributed by atoms with E-state index in [0.29, 0.717) is 37.3 Å². The molecule has 2 atom stereocenters. The Kier molecular flexibility index (Phi) is 6.74. The van der Waals surface area contributed by atoms with Gasteiger partial charge in [0, 0.05) is 29.9 Å². The molecule has 1 saturated heterocycles. The molecule has 3 rings (SSSR count). The van der Waals surface area contributed by atoms with Gasteiger partial charge in [0.1, 0.15) is 0 Å². The Morgan fingerprint density at radius 1 is 1.18 bits per heavy atom. The Hall–Kier alpha value is -2.33. The van der Waals surface area contributed by atoms with Crippen molar-refractivity contribution in [3.63, 3.8) is 0 Å². The molecule has 2 N–H and O–H groups in total. The first kappa shape index (κ1) is 20.4. The first-order valence-electron chi connectivity index (χ1n) is 9.83. The van der Waals surface area contributed by atoms with Gasteiger partial charge in [0.25, 0.3) is 0 Å². The molecule has 148 valence electrons. The van der Waals surface area contributed by atoms with Crippen molar-refractivity contribution in [3.05, 3.63) is 70.7 Å². The van der Waals surface area contributed by atoms with Crippen LogP contribution in [0.25, 0.3) is 0 Å². The van der Waals surface area contributed by atoms with Crippen molar-refractivity contribution in [2.75, 3.05) is 6.54 Å². The van der Waals surface area contributed by atoms with Crippen molar-refractivity contribution in [2.45, 2.75) is 50.5 Å². The summed E-state index contributed by atoms with van der Waals surface area (Å²) < 4.78 is 0. The van der Waals surface area contributed by atoms with Crippen LogP contribution in [0, 0.1) is 0 Å². The van der Waals surface area contributed by atoms with Gasteiger partial charge in [0.2, 0.25) is 11.8 Å². The van der Waals surface area contributed by atoms with Crippen LogP contribution in [0.1, 0.15) is 49.7 Å². The SMILES string of the molecule is C[C@@H](CNC(=O)CC[C@]1(Cc2ccc(Cl)cc2)CCC(=O)N1)c1ccccc1. The van der Waals surface area contributed by atoms with Crippen molar-refractivity contribution in [1.82, 2.24) is 10.6 Å². The minimum absolute atomic E-state index is 0.0272. The highest BCUT2D eigenvalue weighted by Crippen LogP contribution is 2.30. The van der Waals surface area contributed by atoms with E-state index in [0.717, 1.165) is 12.0 Å². The molecular formula is C23H27ClN2O2. The molecule has 5 heteroatoms. The number of rotatable bonds is 8. The molecule has 1 aliphatic rings. The van der Waals surface area contributed by atoms with Gasteiger partial charge in [-0.15, -0.1) is 0 Å². The number of carbonyl (C=O) groups excluding carboxylic acids is 2. The Morgan fingerprint density at radius 3 is 2.54 bits per heavy atom. The van der Waals surface area contributed by atoms with Crippen LogP contribution in [-0.2, 0) is 16.0 Å². The summed E-state index contributed by atoms with van der Waals surface area (Å²) in [6.07, 6.45) is 3.01. The minimum Gasteiger partial charge on any atom is -0.356 e. The fourth-order valence-corrected chi connectivity index (χ4v) is 3.91. The Morgan fingerprint density at radius 2 is 1.89 bits per heavy atom. The average Bonchev–Trinajstić information content (AvgIpc) is 3.08. The first-order valence-corrected chi connectivity index (χ1v) is 10.2. The lowest BCUT2D eigenvalue weighted by Crippen LogP contribution is -2.44. The lowest BCUT2D eigenvalue weighted by atomic mass is 9.85. The van der Waals surface area contributed by atoms with Gasteiger partial charge >= 0.3 is 0 Å². The van der Waals surface area contributed by atoms with Gasteiger partial charge in [-0.05, 0) is 48.4 Å². The van der Waals surface area contributed by atoms with Crippen LogP contribution < -0.4 is 10.6 Å². The van der Waals surface area contributed by atoms with E-state index in [1.54, 1.807) is 0 Å². The summed E-state index contributed by atoms with van der Waals surface area (Å²) in [5.74, 6) is 0.353. The van der Waals surface area contributed by atoms with E-state index in [1.165, 1.54) is 5.56 Å². The van der Waals surface area contributed by atoms with Gasteiger partial charge in [-0.25, -0.2) is 0 Å². The highest BCUT2D eigenvalue weighted by Gasteiger charge is 2.37. The van der Waals surface area contributed by atoms with Gasteiger partial charge in [0.15, 0.2) is 0 Å². The summed E-state index contributed by atoms with van der Waals surface area (Å²) in [5.41, 5.74) is 1.97. The topological polar surface area (TPSA) is 58.2 Å². The standard InChI is InChI=1S/C23H27ClN2O2/c1-17(19-5-3-2-4-6-19)16-25-21(27)11-13-23(14-12-22(28)26-23)15-18-7-9-20(24)10-8-18/h2-10,17H,11-16H2,1H3,(H,25,27)(H,26,28)/t17-,23+/m0/s1. The zero-order valence-electron chi connectivity index (χ0n) is 16.2. The lowest BCUT2D eigenvalue weighted by Gasteiger charge is -2.29. The number of hydrogen-bond donors (Lipinski definition) is 2. The molecule has 0 aliphatic carbocycles. The van der Waals surface area contributed by atoms with Gasteiger partial charge < -0.3 is 10.6 Å². The lowest BCUT2D eigenvalue weighted by molar-refractivity contribution is -0.122. The second kappa shape index (κ2) is 9.24. The van der Waals surface area contributed by atoms with Gasteiger partial charge in [-0.1, -0.05) is 61.0 Å². The Balaban J connectivity index is 1.54. The predicted molar refractivity (Wildman–Crippen MR) is 112 cm³/mol. The van der Waals surface area contributed by atoms with Crippen molar-refractivity contribution in [3.8, 4) is 0 Å². The Labute approximate surface area is 171 Å². The molecule has 0 aromatic heterocycles. The smallest absolute Gasteiger partial charge is 0.220 e. The molecule has 1 aliphatic heterocycles. The second-order valence-corrected chi connectivity index (χ2v) is 8.18. The van der Waals surface area contributed by atoms with Crippen LogP contribution >= 0.6 is 11.6 Å². The third kappa shape index (κ3) is 5.59. The highest BCUT2D eigenvalue weighted by molar-refractivity contribution is 6.30. The van der Waals surface area contributed by atoms with Crippen LogP contribution in [0.4, 0.5) is 0 Å². The molecule has 2 aromatic carbocycles. The van der Waals surface area contributed by atoms with Crippen molar-refractivity contribution in [1.29, 1.82) is 0 Å². The number of nitrogens with one attached hydrogen (secondary N) is 2. The minimum atomic E-state index is -0.354. The maximum Gasteiger partial charge on any atom is 0.220 e. The van der Waals surface area contributed by atoms with E-state index >= 15 is 0 Å². The highest BCUT2D eigenvalue weighted by atomic mass is 35.5. The van der Waals surface area contributed by atoms with Gasteiger partial charge in [-0.3, -0.25) is 9.59 Å². The zero-order valence-corrected chi connectivity index (χ0v) is 17.0. The number of carbonyl (C=O) groups is 2. The fraction of sp³-hybridized carbons (Fsp3) is 0.391. The van der Waals surface area contributed by atoms with Gasteiger partial charge in [-0.2, -0.15) is 0 Å². The summed E-state index contributed by atoms with van der Waals surface area (Å²) in [4.78, 5) is 24.3. The normalized spacial score (nSPS) is 19.9. The molecule has 1 heterocycles. The van der Waals surface area contributed by atoms with Crippen molar-refractivity contribution < 1.29 is 9.59 Å². The monoisotopic (exact) mass is 398 g/mol. The van der Waals surface area contributed by atoms with E-state index < -0.39 is 0 Å². The summed E-state index contributed by atoms with van der Waals surface area (Å²) in [6.45, 7) is 2.72. The second-order valence-electron chi connectivity index (χ2n) is 7.75. The molecule has 0 spiro atoms. The van der Waals surface area contributed by atoms with E-state index in [2.05, 4.69) is 29.7 Å². The molecule has 2 amide bonds. The molecule has 0 radical (unpaired) electrons. The molecule has 0 saturated carbocycles. The summed E-state index contributed by atoms with van der Waals surface area (Å²) >= 11 is 5.97. The molecule has 1 fully saturated rings. The summed E-state index contributed by atoms with van der Waals surface area (Å²) in [6, 6.07) is 17.8. The predicted octanol–water partition coefficient (Wildman–Crippen LogP) is 4.23. The average molecular weight is 399 g/mol. The molecule has 4 nitrogen and oxygen atoms in total. The maximum atomic E-state index is 12.4. The third-order valence-corrected chi connectivity index (χ3v) is 5.75. The van der Waals surface area contributed by atoms with Crippen LogP contribution in [0.5, 0.6) is 0 Å². The largest absolute Gasteiger partial charge is 0.356 e. The van der Waals surface area contributed by atoms with Crippen LogP contribution in [0.3, 0.4) is 0 Å². The van der Waals surface area contributed by atoms with Gasteiger partial charge in [0.05, 0.1) is 0 Å². The molecule has 28 heavy (non-hydrogen) atoms. The fourth-order valence-electron chi connectivity index (χ4n) is 3.78. The van der Waals surface area contributed by atoms with E-state index in [4.69, 9.17) is 11.6 Å². The first-order chi connectivity index (χ1) is 13.5. The van der Waals surface area contributed by atoms with Crippen LogP contribution in [-0.4, -0.2) is 23.9 Å². The van der Waals surface area contributed by atoms with Crippen LogP contribution in [0.15, 0.2) is 54.6 Å². The van der Waals surface area contributed by atoms with Crippen molar-refractivity contribution in [2.24, 2.45) is 0 Å². The zero-order chi connectivity index (χ0) is 20.0. The van der Waals surface area contributed by atoms with E-state index in [9.17, 15) is 9.59 Å². The number of amides is 2. The van der Waals surface area contributed by atoms with E-state index in [-0.39, 0.29) is 23.3 Å². The molecule has 0 bridgehead atoms. The van der Waals surface area contributed by atoms with E-state index in [1.807, 2.05) is 42.5 Å². The number of benzene rings is 2. The number of halogens is 1. The summed E-state index contributed by atoms with van der Waals surface area (Å²) in [7, 11) is 0. The Bertz CT molecular complexity index is 807. The summed E-state index contributed by atoms with van der Waals surface area (Å²) in [5, 5.41) is 6.85. The molecule has 0 unspecified atom stereocenters. The quantitative estimate of drug-likeness (QED) is 0.699. The number of hydrogen-bond acceptors (Lipinski definition) is 2. The van der Waals surface area contributed by atoms with Crippen molar-refractivity contribution >= 4 is 23.4 Å².